The lowest BCUT2D eigenvalue weighted by molar-refractivity contribution is -0.119. The molecule has 1 amide bonds. The number of rotatable bonds is 10. The number of carbonyl (C=O) groups excluding carboxylic acids is 1. The van der Waals surface area contributed by atoms with E-state index < -0.39 is 5.91 Å². The minimum atomic E-state index is -0.490. The Morgan fingerprint density at radius 1 is 1.12 bits per heavy atom. The van der Waals surface area contributed by atoms with E-state index in [0.29, 0.717) is 12.3 Å². The lowest BCUT2D eigenvalue weighted by atomic mass is 10.1. The number of hydrogen-bond acceptors (Lipinski definition) is 4. The van der Waals surface area contributed by atoms with Crippen LogP contribution in [0.15, 0.2) is 59.6 Å². The molecule has 0 fully saturated rings. The lowest BCUT2D eigenvalue weighted by Gasteiger charge is -2.13. The maximum absolute atomic E-state index is 10.8. The first kappa shape index (κ1) is 23.8. The maximum Gasteiger partial charge on any atom is 0.255 e. The minimum Gasteiger partial charge on any atom is -0.484 e. The predicted octanol–water partition coefficient (Wildman–Crippen LogP) is 2.65. The molecule has 0 aliphatic heterocycles. The SMILES string of the molecule is CCNC(=NCc1ccccc1-n1nc(C)cc1C)NCCc1ccc(OCC(N)=O)cc1. The van der Waals surface area contributed by atoms with Gasteiger partial charge in [0.25, 0.3) is 5.91 Å². The van der Waals surface area contributed by atoms with Crippen LogP contribution < -0.4 is 21.1 Å². The first-order valence-corrected chi connectivity index (χ1v) is 11.1. The van der Waals surface area contributed by atoms with Gasteiger partial charge in [-0.1, -0.05) is 30.3 Å². The topological polar surface area (TPSA) is 107 Å². The molecule has 0 aliphatic carbocycles. The number of para-hydroxylation sites is 1. The number of aryl methyl sites for hydroxylation is 2. The number of hydrogen-bond donors (Lipinski definition) is 3. The zero-order valence-corrected chi connectivity index (χ0v) is 19.5. The van der Waals surface area contributed by atoms with Gasteiger partial charge in [-0.25, -0.2) is 9.67 Å². The molecule has 1 heterocycles. The van der Waals surface area contributed by atoms with E-state index in [4.69, 9.17) is 15.5 Å². The van der Waals surface area contributed by atoms with Crippen LogP contribution in [0.4, 0.5) is 0 Å². The van der Waals surface area contributed by atoms with Gasteiger partial charge in [-0.05, 0) is 62.6 Å². The Kier molecular flexibility index (Phi) is 8.46. The fourth-order valence-corrected chi connectivity index (χ4v) is 3.46. The van der Waals surface area contributed by atoms with E-state index in [9.17, 15) is 4.79 Å². The molecule has 2 aromatic carbocycles. The molecule has 0 unspecified atom stereocenters. The zero-order chi connectivity index (χ0) is 23.6. The van der Waals surface area contributed by atoms with Crippen LogP contribution in [0.25, 0.3) is 5.69 Å². The van der Waals surface area contributed by atoms with Crippen molar-refractivity contribution >= 4 is 11.9 Å². The highest BCUT2D eigenvalue weighted by Crippen LogP contribution is 2.18. The van der Waals surface area contributed by atoms with Crippen LogP contribution in [0.5, 0.6) is 5.75 Å². The second-order valence-corrected chi connectivity index (χ2v) is 7.74. The molecule has 4 N–H and O–H groups in total. The van der Waals surface area contributed by atoms with Gasteiger partial charge < -0.3 is 21.1 Å². The molecule has 0 atom stereocenters. The Hall–Kier alpha value is -3.81. The quantitative estimate of drug-likeness (QED) is 0.327. The summed E-state index contributed by atoms with van der Waals surface area (Å²) in [5.74, 6) is 0.903. The Labute approximate surface area is 194 Å². The summed E-state index contributed by atoms with van der Waals surface area (Å²) in [6.45, 7) is 8.03. The molecule has 8 heteroatoms. The number of guanidine groups is 1. The van der Waals surface area contributed by atoms with Crippen molar-refractivity contribution in [3.05, 3.63) is 77.1 Å². The summed E-state index contributed by atoms with van der Waals surface area (Å²) in [5.41, 5.74) is 10.5. The zero-order valence-electron chi connectivity index (χ0n) is 19.5. The Bertz CT molecular complexity index is 1090. The molecular formula is C25H32N6O2. The number of nitrogens with one attached hydrogen (secondary N) is 2. The molecule has 1 aromatic heterocycles. The third kappa shape index (κ3) is 7.10. The molecule has 174 valence electrons. The lowest BCUT2D eigenvalue weighted by Crippen LogP contribution is -2.38. The molecule has 3 rings (SSSR count). The van der Waals surface area contributed by atoms with Gasteiger partial charge in [0.05, 0.1) is 17.9 Å². The molecule has 0 saturated carbocycles. The molecular weight excluding hydrogens is 416 g/mol. The highest BCUT2D eigenvalue weighted by molar-refractivity contribution is 5.79. The van der Waals surface area contributed by atoms with E-state index in [0.717, 1.165) is 53.7 Å². The Balaban J connectivity index is 1.60. The highest BCUT2D eigenvalue weighted by Gasteiger charge is 2.09. The Morgan fingerprint density at radius 2 is 1.88 bits per heavy atom. The molecule has 0 radical (unpaired) electrons. The number of benzene rings is 2. The van der Waals surface area contributed by atoms with Crippen molar-refractivity contribution in [1.29, 1.82) is 0 Å². The third-order valence-corrected chi connectivity index (χ3v) is 4.99. The minimum absolute atomic E-state index is 0.119. The average molecular weight is 449 g/mol. The molecule has 0 spiro atoms. The van der Waals surface area contributed by atoms with Gasteiger partial charge in [-0.2, -0.15) is 5.10 Å². The predicted molar refractivity (Wildman–Crippen MR) is 131 cm³/mol. The molecule has 0 aliphatic rings. The second-order valence-electron chi connectivity index (χ2n) is 7.74. The van der Waals surface area contributed by atoms with E-state index in [2.05, 4.69) is 40.9 Å². The molecule has 3 aromatic rings. The smallest absolute Gasteiger partial charge is 0.255 e. The van der Waals surface area contributed by atoms with Crippen molar-refractivity contribution in [2.24, 2.45) is 10.7 Å². The van der Waals surface area contributed by atoms with Gasteiger partial charge in [0.1, 0.15) is 5.75 Å². The van der Waals surface area contributed by atoms with Gasteiger partial charge in [0, 0.05) is 18.8 Å². The normalized spacial score (nSPS) is 11.3. The van der Waals surface area contributed by atoms with Gasteiger partial charge in [-0.3, -0.25) is 4.79 Å². The Morgan fingerprint density at radius 3 is 2.55 bits per heavy atom. The standard InChI is InChI=1S/C25H32N6O2/c1-4-27-25(28-14-13-20-9-11-22(12-10-20)33-17-24(26)32)29-16-21-7-5-6-8-23(21)31-19(3)15-18(2)30-31/h5-12,15H,4,13-14,16-17H2,1-3H3,(H2,26,32)(H2,27,28,29). The molecule has 0 bridgehead atoms. The van der Waals surface area contributed by atoms with E-state index in [-0.39, 0.29) is 6.61 Å². The van der Waals surface area contributed by atoms with Crippen molar-refractivity contribution in [1.82, 2.24) is 20.4 Å². The van der Waals surface area contributed by atoms with Crippen molar-refractivity contribution in [2.75, 3.05) is 19.7 Å². The van der Waals surface area contributed by atoms with Crippen molar-refractivity contribution in [2.45, 2.75) is 33.7 Å². The first-order chi connectivity index (χ1) is 16.0. The van der Waals surface area contributed by atoms with Crippen LogP contribution in [-0.4, -0.2) is 41.3 Å². The van der Waals surface area contributed by atoms with Gasteiger partial charge in [0.2, 0.25) is 0 Å². The van der Waals surface area contributed by atoms with E-state index in [1.165, 1.54) is 0 Å². The fraction of sp³-hybridized carbons (Fsp3) is 0.320. The van der Waals surface area contributed by atoms with Crippen molar-refractivity contribution in [3.8, 4) is 11.4 Å². The molecule has 33 heavy (non-hydrogen) atoms. The largest absolute Gasteiger partial charge is 0.484 e. The molecule has 0 saturated heterocycles. The van der Waals surface area contributed by atoms with Crippen LogP contribution in [0.3, 0.4) is 0 Å². The average Bonchev–Trinajstić information content (AvgIpc) is 3.14. The van der Waals surface area contributed by atoms with E-state index in [1.807, 2.05) is 54.9 Å². The van der Waals surface area contributed by atoms with E-state index >= 15 is 0 Å². The number of aromatic nitrogens is 2. The first-order valence-electron chi connectivity index (χ1n) is 11.1. The summed E-state index contributed by atoms with van der Waals surface area (Å²) in [5, 5.41) is 11.3. The number of aliphatic imine (C=N–C) groups is 1. The monoisotopic (exact) mass is 448 g/mol. The second kappa shape index (κ2) is 11.7. The number of nitrogens with zero attached hydrogens (tertiary/aromatic N) is 3. The number of amides is 1. The van der Waals surface area contributed by atoms with Crippen molar-refractivity contribution < 1.29 is 9.53 Å². The summed E-state index contributed by atoms with van der Waals surface area (Å²) >= 11 is 0. The van der Waals surface area contributed by atoms with Crippen LogP contribution in [-0.2, 0) is 17.8 Å². The number of primary amides is 1. The third-order valence-electron chi connectivity index (χ3n) is 4.99. The number of nitrogens with two attached hydrogens (primary N) is 1. The number of ether oxygens (including phenoxy) is 1. The van der Waals surface area contributed by atoms with Gasteiger partial charge in [0.15, 0.2) is 12.6 Å². The summed E-state index contributed by atoms with van der Waals surface area (Å²) in [7, 11) is 0. The summed E-state index contributed by atoms with van der Waals surface area (Å²) in [6.07, 6.45) is 0.822. The summed E-state index contributed by atoms with van der Waals surface area (Å²) in [4.78, 5) is 15.6. The van der Waals surface area contributed by atoms with E-state index in [1.54, 1.807) is 0 Å². The van der Waals surface area contributed by atoms with Crippen LogP contribution in [0.2, 0.25) is 0 Å². The summed E-state index contributed by atoms with van der Waals surface area (Å²) in [6, 6.07) is 17.9. The highest BCUT2D eigenvalue weighted by atomic mass is 16.5. The van der Waals surface area contributed by atoms with Crippen LogP contribution in [0, 0.1) is 13.8 Å². The van der Waals surface area contributed by atoms with Crippen LogP contribution >= 0.6 is 0 Å². The fourth-order valence-electron chi connectivity index (χ4n) is 3.46. The van der Waals surface area contributed by atoms with Crippen molar-refractivity contribution in [3.63, 3.8) is 0 Å². The maximum atomic E-state index is 10.8. The summed E-state index contributed by atoms with van der Waals surface area (Å²) < 4.78 is 7.27. The van der Waals surface area contributed by atoms with Gasteiger partial charge >= 0.3 is 0 Å². The number of carbonyl (C=O) groups is 1. The van der Waals surface area contributed by atoms with Gasteiger partial charge in [-0.15, -0.1) is 0 Å². The molecule has 8 nitrogen and oxygen atoms in total. The van der Waals surface area contributed by atoms with Crippen LogP contribution in [0.1, 0.15) is 29.4 Å².